The summed E-state index contributed by atoms with van der Waals surface area (Å²) in [7, 11) is 0. The van der Waals surface area contributed by atoms with Crippen LogP contribution in [0.4, 0.5) is 0 Å². The van der Waals surface area contributed by atoms with Crippen LogP contribution in [0.5, 0.6) is 0 Å². The second kappa shape index (κ2) is 72.9. The number of rotatable bonds is 0. The first-order valence-electron chi connectivity index (χ1n) is 0. The molecule has 0 aromatic rings. The Kier molecular flexibility index (Phi) is 563. The summed E-state index contributed by atoms with van der Waals surface area (Å²) in [5.74, 6) is 0. The smallest absolute Gasteiger partial charge is 3.00 e. The quantitative estimate of drug-likeness (QED) is 0.218. The minimum Gasteiger partial charge on any atom is -3.00 e. The third kappa shape index (κ3) is 65.3. The topological polar surface area (TPSA) is 0 Å². The maximum absolute atomic E-state index is 0. The van der Waals surface area contributed by atoms with Crippen molar-refractivity contribution in [2.24, 2.45) is 0 Å². The van der Waals surface area contributed by atoms with Crippen LogP contribution in [0.1, 0.15) is 0 Å². The van der Waals surface area contributed by atoms with Gasteiger partial charge < -0.3 is 39.6 Å². The first kappa shape index (κ1) is 84.9. The van der Waals surface area contributed by atoms with Crippen molar-refractivity contribution in [3.8, 4) is 0 Å². The summed E-state index contributed by atoms with van der Waals surface area (Å²) >= 11 is 0. The van der Waals surface area contributed by atoms with Gasteiger partial charge in [-0.2, -0.15) is 0 Å². The predicted molar refractivity (Wildman–Crippen MR) is 50.7 cm³/mol. The Hall–Kier alpha value is 9.80. The Morgan fingerprint density at radius 1 is 0.364 bits per heavy atom. The summed E-state index contributed by atoms with van der Waals surface area (Å²) in [6.45, 7) is 0. The molecule has 0 aromatic carbocycles. The summed E-state index contributed by atoms with van der Waals surface area (Å²) in [5, 5.41) is 0. The van der Waals surface area contributed by atoms with E-state index in [9.17, 15) is 0 Å². The molecule has 0 bridgehead atoms. The molecule has 0 unspecified atom stereocenters. The molecule has 0 atom stereocenters. The molecule has 0 N–H and O–H groups in total. The molecule has 0 spiro atoms. The minimum absolute atomic E-state index is 0. The van der Waals surface area contributed by atoms with E-state index < -0.39 is 0 Å². The average Bonchev–Trinajstić information content (AvgIpc) is 0. The van der Waals surface area contributed by atoms with E-state index in [1.54, 1.807) is 0 Å². The molecule has 0 fully saturated rings. The molecule has 0 heterocycles. The monoisotopic (exact) mass is 526 g/mol. The molecule has 0 amide bonds. The van der Waals surface area contributed by atoms with E-state index in [0.717, 1.165) is 0 Å². The van der Waals surface area contributed by atoms with Gasteiger partial charge in [-0.3, -0.25) is 0 Å². The van der Waals surface area contributed by atoms with Crippen LogP contribution in [-0.2, 0) is 0 Å². The minimum atomic E-state index is 0. The van der Waals surface area contributed by atoms with Crippen molar-refractivity contribution in [2.45, 2.75) is 0 Å². The van der Waals surface area contributed by atoms with Crippen molar-refractivity contribution in [3.63, 3.8) is 0 Å². The summed E-state index contributed by atoms with van der Waals surface area (Å²) < 4.78 is 0. The van der Waals surface area contributed by atoms with Crippen LogP contribution < -0.4 is 88.7 Å². The van der Waals surface area contributed by atoms with Gasteiger partial charge in [0.1, 0.15) is 0 Å². The van der Waals surface area contributed by atoms with Crippen LogP contribution in [0.25, 0.3) is 0 Å². The zero-order valence-electron chi connectivity index (χ0n) is 7.49. The van der Waals surface area contributed by atoms with Crippen molar-refractivity contribution in [1.82, 2.24) is 0 Å². The maximum atomic E-state index is 0. The summed E-state index contributed by atoms with van der Waals surface area (Å²) in [5.41, 5.74) is 0. The van der Waals surface area contributed by atoms with E-state index in [0.29, 0.717) is 0 Å². The fourth-order valence-corrected chi connectivity index (χ4v) is 0. The standard InChI is InChI=1S/Ga.3Na.4P.3Sr/q+3;3*+1;4*-3;3*+2. The first-order valence-corrected chi connectivity index (χ1v) is 0. The first-order chi connectivity index (χ1) is 0. The Labute approximate surface area is 275 Å². The maximum Gasteiger partial charge on any atom is 3.00 e. The largest absolute Gasteiger partial charge is 3.00 e. The molecule has 0 nitrogen and oxygen atoms in total. The van der Waals surface area contributed by atoms with Crippen molar-refractivity contribution in [3.05, 3.63) is 0 Å². The molecule has 11 heavy (non-hydrogen) atoms. The van der Waals surface area contributed by atoms with Gasteiger partial charge in [0.05, 0.1) is 0 Å². The number of hydrogen-bond acceptors (Lipinski definition) is 0. The van der Waals surface area contributed by atoms with Gasteiger partial charge >= 0.3 is 245 Å². The fraction of sp³-hybridized carbons (Fsp3) is 0. The van der Waals surface area contributed by atoms with Crippen LogP contribution in [0.2, 0.25) is 0 Å². The fourth-order valence-electron chi connectivity index (χ4n) is 0. The van der Waals surface area contributed by atoms with Crippen molar-refractivity contribution in [1.29, 1.82) is 0 Å². The Morgan fingerprint density at radius 3 is 0.364 bits per heavy atom. The van der Waals surface area contributed by atoms with Crippen LogP contribution in [0, 0.1) is 0 Å². The van der Waals surface area contributed by atoms with E-state index in [4.69, 9.17) is 0 Å². The summed E-state index contributed by atoms with van der Waals surface area (Å²) in [6.07, 6.45) is 0. The van der Waals surface area contributed by atoms with Gasteiger partial charge in [0, 0.05) is 0 Å². The molecule has 0 aliphatic carbocycles. The van der Waals surface area contributed by atoms with Gasteiger partial charge in [-0.1, -0.05) is 0 Å². The van der Waals surface area contributed by atoms with E-state index in [2.05, 4.69) is 0 Å². The van der Waals surface area contributed by atoms with Crippen molar-refractivity contribution < 1.29 is 88.7 Å². The third-order valence-electron chi connectivity index (χ3n) is 0. The third-order valence-corrected chi connectivity index (χ3v) is 0. The SMILES string of the molecule is [Ga+3].[Na+].[Na+].[Na+].[P-3].[P-3].[P-3].[P-3].[Sr+2].[Sr+2].[Sr+2]. The van der Waals surface area contributed by atoms with Crippen LogP contribution >= 0.6 is 39.6 Å². The molecule has 11 heteroatoms. The Morgan fingerprint density at radius 2 is 0.364 bits per heavy atom. The predicted octanol–water partition coefficient (Wildman–Crippen LogP) is -7.07. The van der Waals surface area contributed by atoms with Crippen LogP contribution in [-0.4, -0.2) is 156 Å². The molecule has 32 valence electrons. The zero-order chi connectivity index (χ0) is 0. The molecule has 0 aromatic heterocycles. The molecular weight excluding hydrogens is 525 g/mol. The molecule has 0 aliphatic rings. The van der Waals surface area contributed by atoms with Gasteiger partial charge in [-0.05, 0) is 0 Å². The van der Waals surface area contributed by atoms with Gasteiger partial charge in [0.2, 0.25) is 0 Å². The van der Waals surface area contributed by atoms with E-state index in [1.165, 1.54) is 0 Å². The van der Waals surface area contributed by atoms with Crippen LogP contribution in [0.15, 0.2) is 0 Å². The van der Waals surface area contributed by atoms with Gasteiger partial charge in [-0.15, -0.1) is 0 Å². The summed E-state index contributed by atoms with van der Waals surface area (Å²) in [4.78, 5) is 0. The normalized spacial score (nSPS) is 0. The van der Waals surface area contributed by atoms with Gasteiger partial charge in [-0.25, -0.2) is 0 Å². The molecule has 0 saturated carbocycles. The molecule has 0 rings (SSSR count). The molecule has 0 aliphatic heterocycles. The summed E-state index contributed by atoms with van der Waals surface area (Å²) in [6, 6.07) is 0. The Bertz CT molecular complexity index is 20.5. The molecular formula is GaNa3P4Sr3. The van der Waals surface area contributed by atoms with Crippen LogP contribution in [0.3, 0.4) is 0 Å². The zero-order valence-corrected chi connectivity index (χ0v) is 29.9. The van der Waals surface area contributed by atoms with Crippen molar-refractivity contribution in [2.75, 3.05) is 0 Å². The van der Waals surface area contributed by atoms with E-state index >= 15 is 0 Å². The van der Waals surface area contributed by atoms with E-state index in [1.807, 2.05) is 0 Å². The van der Waals surface area contributed by atoms with Gasteiger partial charge in [0.15, 0.2) is 0 Å². The second-order valence-corrected chi connectivity index (χ2v) is 0. The second-order valence-electron chi connectivity index (χ2n) is 0. The molecule has 0 saturated heterocycles. The molecule has 0 radical (unpaired) electrons. The Balaban J connectivity index is 0. The van der Waals surface area contributed by atoms with Gasteiger partial charge in [0.25, 0.3) is 0 Å². The number of hydrogen-bond donors (Lipinski definition) is 0. The van der Waals surface area contributed by atoms with Crippen molar-refractivity contribution >= 4 is 196 Å². The average molecular weight is 525 g/mol. The van der Waals surface area contributed by atoms with E-state index in [-0.39, 0.29) is 285 Å².